The summed E-state index contributed by atoms with van der Waals surface area (Å²) < 4.78 is 51.1. The van der Waals surface area contributed by atoms with Crippen molar-refractivity contribution in [3.63, 3.8) is 0 Å². The maximum atomic E-state index is 14.4. The van der Waals surface area contributed by atoms with Gasteiger partial charge in [0.25, 0.3) is 21.9 Å². The molecule has 17 heteroatoms. The number of aryl methyl sites for hydroxylation is 2. The lowest BCUT2D eigenvalue weighted by molar-refractivity contribution is -0.129. The van der Waals surface area contributed by atoms with E-state index in [4.69, 9.17) is 18.4 Å². The fraction of sp³-hybridized carbons (Fsp3) is 0.400. The van der Waals surface area contributed by atoms with Crippen LogP contribution in [0.1, 0.15) is 125 Å². The van der Waals surface area contributed by atoms with Gasteiger partial charge in [-0.15, -0.1) is 0 Å². The van der Waals surface area contributed by atoms with Gasteiger partial charge < -0.3 is 34.6 Å². The summed E-state index contributed by atoms with van der Waals surface area (Å²) in [6.45, 7) is 6.85. The van der Waals surface area contributed by atoms with E-state index in [0.717, 1.165) is 42.3 Å². The van der Waals surface area contributed by atoms with E-state index in [2.05, 4.69) is 16.7 Å². The number of ether oxygens (including phenoxy) is 3. The van der Waals surface area contributed by atoms with Crippen molar-refractivity contribution in [2.45, 2.75) is 135 Å². The van der Waals surface area contributed by atoms with Crippen LogP contribution in [-0.2, 0) is 72.4 Å². The smallest absolute Gasteiger partial charge is 0.272 e. The third kappa shape index (κ3) is 11.7. The van der Waals surface area contributed by atoms with Crippen LogP contribution in [-0.4, -0.2) is 81.2 Å². The number of nitrogens with zero attached hydrogens (tertiary/aromatic N) is 2. The topological polar surface area (TPSA) is 204 Å². The summed E-state index contributed by atoms with van der Waals surface area (Å²) in [6.07, 6.45) is 4.60. The summed E-state index contributed by atoms with van der Waals surface area (Å²) in [5, 5.41) is 4.64. The van der Waals surface area contributed by atoms with Crippen molar-refractivity contribution < 1.29 is 55.6 Å². The normalized spacial score (nSPS) is 18.0. The SMILES string of the molecule is CCC(=O)CCCCC(=O)N[C@@H](C)C(=O)C[C@@H](C)C(=O)Nc1cc(COc2cc3c(cc2C)C(=O)N2c4ccccc4C[C@H]2C(S(=O)(=O)OC)C3)cc(COc2cc3c(cc2OC)C(=O)N2c4ccccc4C[C@H]2CC3)c1. The molecule has 4 aliphatic rings. The highest BCUT2D eigenvalue weighted by Gasteiger charge is 2.48. The zero-order valence-corrected chi connectivity index (χ0v) is 45.3. The highest BCUT2D eigenvalue weighted by Crippen LogP contribution is 2.43. The minimum atomic E-state index is -4.11. The molecular formula is C60H66N4O12S. The number of carbonyl (C=O) groups is 6. The molecule has 2 N–H and O–H groups in total. The number of anilines is 3. The molecule has 1 unspecified atom stereocenters. The van der Waals surface area contributed by atoms with Crippen LogP contribution in [0.5, 0.6) is 17.2 Å². The lowest BCUT2D eigenvalue weighted by atomic mass is 9.97. The van der Waals surface area contributed by atoms with E-state index in [1.165, 1.54) is 7.11 Å². The number of fused-ring (bicyclic) bond motifs is 8. The molecule has 5 aromatic rings. The third-order valence-electron chi connectivity index (χ3n) is 15.4. The van der Waals surface area contributed by atoms with Crippen LogP contribution in [0.25, 0.3) is 0 Å². The molecule has 0 fully saturated rings. The average Bonchev–Trinajstić information content (AvgIpc) is 3.94. The Balaban J connectivity index is 0.952. The van der Waals surface area contributed by atoms with Gasteiger partial charge in [0, 0.05) is 65.8 Å². The fourth-order valence-electron chi connectivity index (χ4n) is 11.2. The molecule has 0 saturated heterocycles. The molecule has 404 valence electrons. The highest BCUT2D eigenvalue weighted by molar-refractivity contribution is 7.87. The van der Waals surface area contributed by atoms with E-state index in [0.29, 0.717) is 101 Å². The first-order chi connectivity index (χ1) is 37.0. The Labute approximate surface area is 449 Å². The van der Waals surface area contributed by atoms with E-state index in [9.17, 15) is 37.2 Å². The largest absolute Gasteiger partial charge is 0.493 e. The van der Waals surface area contributed by atoms with E-state index in [1.54, 1.807) is 56.0 Å². The molecule has 0 aromatic heterocycles. The molecule has 4 amide bonds. The number of ketones is 2. The number of carbonyl (C=O) groups excluding carboxylic acids is 6. The first-order valence-corrected chi connectivity index (χ1v) is 27.9. The van der Waals surface area contributed by atoms with Crippen molar-refractivity contribution in [3.05, 3.63) is 141 Å². The van der Waals surface area contributed by atoms with Crippen molar-refractivity contribution >= 4 is 62.4 Å². The Hall–Kier alpha value is -7.37. The molecule has 0 aliphatic carbocycles. The van der Waals surface area contributed by atoms with Gasteiger partial charge in [-0.1, -0.05) is 50.2 Å². The van der Waals surface area contributed by atoms with Crippen LogP contribution in [0.15, 0.2) is 91.0 Å². The number of unbranched alkanes of at least 4 members (excludes halogenated alkanes) is 1. The monoisotopic (exact) mass is 1070 g/mol. The van der Waals surface area contributed by atoms with Gasteiger partial charge in [0.2, 0.25) is 11.8 Å². The number of hydrogen-bond donors (Lipinski definition) is 2. The Bertz CT molecular complexity index is 3260. The zero-order valence-electron chi connectivity index (χ0n) is 44.4. The molecule has 5 atom stereocenters. The van der Waals surface area contributed by atoms with Gasteiger partial charge in [-0.2, -0.15) is 8.42 Å². The second kappa shape index (κ2) is 23.1. The van der Waals surface area contributed by atoms with Crippen LogP contribution < -0.4 is 34.6 Å². The Morgan fingerprint density at radius 1 is 0.714 bits per heavy atom. The number of hydrogen-bond acceptors (Lipinski definition) is 12. The summed E-state index contributed by atoms with van der Waals surface area (Å²) in [4.78, 5) is 83.5. The predicted octanol–water partition coefficient (Wildman–Crippen LogP) is 8.73. The third-order valence-corrected chi connectivity index (χ3v) is 17.1. The average molecular weight is 1070 g/mol. The number of amides is 4. The van der Waals surface area contributed by atoms with Crippen LogP contribution in [0.4, 0.5) is 17.1 Å². The number of Topliss-reactive ketones (excluding diaryl/α,β-unsaturated/α-hetero) is 2. The minimum absolute atomic E-state index is 0.00723. The molecular weight excluding hydrogens is 1000 g/mol. The molecule has 16 nitrogen and oxygen atoms in total. The van der Waals surface area contributed by atoms with Crippen molar-refractivity contribution in [3.8, 4) is 17.2 Å². The fourth-order valence-corrected chi connectivity index (χ4v) is 12.4. The molecule has 0 saturated carbocycles. The van der Waals surface area contributed by atoms with Crippen LogP contribution in [0.2, 0.25) is 0 Å². The summed E-state index contributed by atoms with van der Waals surface area (Å²) in [5.41, 5.74) is 8.22. The molecule has 77 heavy (non-hydrogen) atoms. The van der Waals surface area contributed by atoms with Crippen molar-refractivity contribution in [2.75, 3.05) is 29.3 Å². The van der Waals surface area contributed by atoms with E-state index in [1.807, 2.05) is 66.4 Å². The molecule has 0 spiro atoms. The first-order valence-electron chi connectivity index (χ1n) is 26.5. The summed E-state index contributed by atoms with van der Waals surface area (Å²) >= 11 is 0. The lowest BCUT2D eigenvalue weighted by Crippen LogP contribution is -2.47. The Morgan fingerprint density at radius 2 is 1.34 bits per heavy atom. The zero-order chi connectivity index (χ0) is 54.7. The quantitative estimate of drug-likeness (QED) is 0.0523. The molecule has 9 rings (SSSR count). The van der Waals surface area contributed by atoms with Crippen molar-refractivity contribution in [1.82, 2.24) is 5.32 Å². The standard InChI is InChI=1S/C60H66N4O12S/c1-7-46(65)16-10-13-19-57(67)61-37(4)52(66)23-36(3)58(68)62-44-25-38(24-39(26-44)34-76-55-29-40-20-21-45-27-41-14-8-11-17-49(41)63(45)59(69)48(40)32-54(55)73-5)33-75-53-30-43-31-56(77(71,72)74-6)51-28-42-15-9-12-18-50(42)64(51)60(70)47(43)22-35(53)2/h8-9,11-12,14-15,17-18,22,24-26,29-30,32,36-37,45,51,56H,7,10,13,16,19-21,23,27-28,31,33-34H2,1-6H3,(H,61,67)(H,62,68)/t36-,37+,45-,51+,56?/m1/s1. The summed E-state index contributed by atoms with van der Waals surface area (Å²) in [5.74, 6) is -0.839. The summed E-state index contributed by atoms with van der Waals surface area (Å²) in [6, 6.07) is 26.4. The molecule has 0 bridgehead atoms. The molecule has 4 heterocycles. The van der Waals surface area contributed by atoms with Crippen LogP contribution >= 0.6 is 0 Å². The number of methoxy groups -OCH3 is 1. The van der Waals surface area contributed by atoms with Crippen molar-refractivity contribution in [2.24, 2.45) is 5.92 Å². The first kappa shape index (κ1) is 54.4. The van der Waals surface area contributed by atoms with Gasteiger partial charge in [0.1, 0.15) is 30.0 Å². The van der Waals surface area contributed by atoms with Gasteiger partial charge >= 0.3 is 0 Å². The van der Waals surface area contributed by atoms with Gasteiger partial charge in [-0.3, -0.25) is 33.0 Å². The number of nitrogens with one attached hydrogen (secondary N) is 2. The van der Waals surface area contributed by atoms with E-state index in [-0.39, 0.29) is 67.8 Å². The van der Waals surface area contributed by atoms with Gasteiger partial charge in [-0.25, -0.2) is 0 Å². The number of benzene rings is 5. The second-order valence-electron chi connectivity index (χ2n) is 20.7. The van der Waals surface area contributed by atoms with E-state index >= 15 is 0 Å². The predicted molar refractivity (Wildman–Crippen MR) is 291 cm³/mol. The van der Waals surface area contributed by atoms with Gasteiger partial charge in [-0.05, 0) is 152 Å². The van der Waals surface area contributed by atoms with Gasteiger partial charge in [0.05, 0.1) is 26.3 Å². The summed E-state index contributed by atoms with van der Waals surface area (Å²) in [7, 11) is -1.45. The van der Waals surface area contributed by atoms with Crippen LogP contribution in [0.3, 0.4) is 0 Å². The number of para-hydroxylation sites is 2. The maximum absolute atomic E-state index is 14.4. The maximum Gasteiger partial charge on any atom is 0.272 e. The van der Waals surface area contributed by atoms with Gasteiger partial charge in [0.15, 0.2) is 17.3 Å². The number of rotatable bonds is 21. The van der Waals surface area contributed by atoms with Crippen molar-refractivity contribution in [1.29, 1.82) is 0 Å². The van der Waals surface area contributed by atoms with E-state index < -0.39 is 39.3 Å². The minimum Gasteiger partial charge on any atom is -0.493 e. The Kier molecular flexibility index (Phi) is 16.3. The lowest BCUT2D eigenvalue weighted by Gasteiger charge is -2.28. The molecule has 5 aromatic carbocycles. The highest BCUT2D eigenvalue weighted by atomic mass is 32.2. The molecule has 0 radical (unpaired) electrons. The Morgan fingerprint density at radius 3 is 2.03 bits per heavy atom. The molecule has 4 aliphatic heterocycles. The van der Waals surface area contributed by atoms with Crippen LogP contribution in [0, 0.1) is 12.8 Å². The second-order valence-corrected chi connectivity index (χ2v) is 22.6.